The number of ether oxygens (including phenoxy) is 1. The van der Waals surface area contributed by atoms with E-state index >= 15 is 0 Å². The fourth-order valence-corrected chi connectivity index (χ4v) is 1.20. The Bertz CT molecular complexity index is 201. The number of esters is 1. The molecule has 1 unspecified atom stereocenters. The van der Waals surface area contributed by atoms with Gasteiger partial charge in [0.15, 0.2) is 5.60 Å². The predicted octanol–water partition coefficient (Wildman–Crippen LogP) is 2.37. The largest absolute Gasteiger partial charge is 0.460 e. The molecule has 1 atom stereocenters. The van der Waals surface area contributed by atoms with Crippen LogP contribution in [0.1, 0.15) is 48.0 Å². The molecule has 3 heteroatoms. The Morgan fingerprint density at radius 3 is 2.00 bits per heavy atom. The third-order valence-electron chi connectivity index (χ3n) is 2.21. The normalized spacial score (nSPS) is 14.5. The van der Waals surface area contributed by atoms with Crippen LogP contribution < -0.4 is 0 Å². The third kappa shape index (κ3) is 5.78. The molecule has 0 aromatic rings. The second-order valence-corrected chi connectivity index (χ2v) is 5.38. The molecule has 0 fully saturated rings. The number of hydrogen-bond donors (Lipinski definition) is 1. The smallest absolute Gasteiger partial charge is 0.337 e. The van der Waals surface area contributed by atoms with Crippen LogP contribution in [0, 0.1) is 11.8 Å². The molecule has 0 rings (SSSR count). The number of carbonyl (C=O) groups is 1. The molecule has 0 aliphatic carbocycles. The zero-order valence-electron chi connectivity index (χ0n) is 10.7. The summed E-state index contributed by atoms with van der Waals surface area (Å²) in [5, 5.41) is 9.48. The van der Waals surface area contributed by atoms with Gasteiger partial charge in [0.05, 0.1) is 0 Å². The standard InChI is InChI=1S/C12H24O3/c1-8(2)7-10(9(3)4)15-11(13)12(5,6)14/h8-10,14H,7H2,1-6H3. The highest BCUT2D eigenvalue weighted by Gasteiger charge is 2.29. The molecule has 0 saturated heterocycles. The Morgan fingerprint density at radius 2 is 1.73 bits per heavy atom. The molecule has 0 spiro atoms. The van der Waals surface area contributed by atoms with Gasteiger partial charge < -0.3 is 9.84 Å². The highest BCUT2D eigenvalue weighted by atomic mass is 16.6. The highest BCUT2D eigenvalue weighted by molar-refractivity contribution is 5.78. The predicted molar refractivity (Wildman–Crippen MR) is 60.5 cm³/mol. The van der Waals surface area contributed by atoms with E-state index in [0.717, 1.165) is 6.42 Å². The van der Waals surface area contributed by atoms with Crippen LogP contribution in [-0.2, 0) is 9.53 Å². The van der Waals surface area contributed by atoms with Gasteiger partial charge in [-0.1, -0.05) is 27.7 Å². The van der Waals surface area contributed by atoms with Crippen LogP contribution in [0.5, 0.6) is 0 Å². The van der Waals surface area contributed by atoms with Gasteiger partial charge >= 0.3 is 5.97 Å². The van der Waals surface area contributed by atoms with Crippen molar-refractivity contribution in [1.29, 1.82) is 0 Å². The van der Waals surface area contributed by atoms with Gasteiger partial charge in [0.2, 0.25) is 0 Å². The second kappa shape index (κ2) is 5.50. The topological polar surface area (TPSA) is 46.5 Å². The van der Waals surface area contributed by atoms with Crippen molar-refractivity contribution in [3.8, 4) is 0 Å². The van der Waals surface area contributed by atoms with E-state index in [1.165, 1.54) is 13.8 Å². The fourth-order valence-electron chi connectivity index (χ4n) is 1.20. The lowest BCUT2D eigenvalue weighted by Crippen LogP contribution is -2.37. The summed E-state index contributed by atoms with van der Waals surface area (Å²) in [6, 6.07) is 0. The van der Waals surface area contributed by atoms with Gasteiger partial charge in [0.1, 0.15) is 6.10 Å². The molecule has 0 aromatic heterocycles. The van der Waals surface area contributed by atoms with Gasteiger partial charge in [-0.3, -0.25) is 0 Å². The van der Waals surface area contributed by atoms with E-state index in [1.54, 1.807) is 0 Å². The first kappa shape index (κ1) is 14.4. The summed E-state index contributed by atoms with van der Waals surface area (Å²) in [5.41, 5.74) is -1.40. The van der Waals surface area contributed by atoms with Crippen LogP contribution in [0.3, 0.4) is 0 Å². The molecule has 0 amide bonds. The van der Waals surface area contributed by atoms with E-state index in [1.807, 2.05) is 13.8 Å². The molecular formula is C12H24O3. The van der Waals surface area contributed by atoms with Crippen LogP contribution in [0.15, 0.2) is 0 Å². The van der Waals surface area contributed by atoms with Gasteiger partial charge in [-0.15, -0.1) is 0 Å². The Labute approximate surface area is 92.8 Å². The minimum absolute atomic E-state index is 0.107. The Kier molecular flexibility index (Phi) is 5.29. The molecule has 0 aromatic carbocycles. The summed E-state index contributed by atoms with van der Waals surface area (Å²) >= 11 is 0. The zero-order chi connectivity index (χ0) is 12.2. The molecule has 15 heavy (non-hydrogen) atoms. The van der Waals surface area contributed by atoms with Crippen molar-refractivity contribution in [3.63, 3.8) is 0 Å². The molecule has 3 nitrogen and oxygen atoms in total. The molecule has 0 heterocycles. The van der Waals surface area contributed by atoms with Gasteiger partial charge in [-0.05, 0) is 32.1 Å². The zero-order valence-corrected chi connectivity index (χ0v) is 10.7. The Morgan fingerprint density at radius 1 is 1.27 bits per heavy atom. The number of hydrogen-bond acceptors (Lipinski definition) is 3. The number of aliphatic hydroxyl groups is 1. The average Bonchev–Trinajstić information content (AvgIpc) is 1.99. The lowest BCUT2D eigenvalue weighted by Gasteiger charge is -2.26. The molecule has 0 saturated carbocycles. The first-order valence-electron chi connectivity index (χ1n) is 5.58. The SMILES string of the molecule is CC(C)CC(OC(=O)C(C)(C)O)C(C)C. The van der Waals surface area contributed by atoms with Gasteiger partial charge in [-0.25, -0.2) is 4.79 Å². The van der Waals surface area contributed by atoms with E-state index < -0.39 is 11.6 Å². The first-order valence-corrected chi connectivity index (χ1v) is 5.58. The van der Waals surface area contributed by atoms with Crippen molar-refractivity contribution in [3.05, 3.63) is 0 Å². The molecule has 90 valence electrons. The van der Waals surface area contributed by atoms with Gasteiger partial charge in [0.25, 0.3) is 0 Å². The first-order chi connectivity index (χ1) is 6.64. The third-order valence-corrected chi connectivity index (χ3v) is 2.21. The van der Waals surface area contributed by atoms with Crippen LogP contribution >= 0.6 is 0 Å². The summed E-state index contributed by atoms with van der Waals surface area (Å²) in [4.78, 5) is 11.5. The molecule has 0 bridgehead atoms. The van der Waals surface area contributed by atoms with Crippen molar-refractivity contribution < 1.29 is 14.6 Å². The van der Waals surface area contributed by atoms with E-state index in [0.29, 0.717) is 5.92 Å². The summed E-state index contributed by atoms with van der Waals surface area (Å²) in [5.74, 6) is 0.215. The van der Waals surface area contributed by atoms with Gasteiger partial charge in [-0.2, -0.15) is 0 Å². The minimum Gasteiger partial charge on any atom is -0.460 e. The average molecular weight is 216 g/mol. The minimum atomic E-state index is -1.40. The quantitative estimate of drug-likeness (QED) is 0.718. The van der Waals surface area contributed by atoms with Gasteiger partial charge in [0, 0.05) is 0 Å². The van der Waals surface area contributed by atoms with Crippen molar-refractivity contribution in [2.75, 3.05) is 0 Å². The van der Waals surface area contributed by atoms with E-state index in [-0.39, 0.29) is 12.0 Å². The van der Waals surface area contributed by atoms with Crippen LogP contribution in [0.2, 0.25) is 0 Å². The fraction of sp³-hybridized carbons (Fsp3) is 0.917. The second-order valence-electron chi connectivity index (χ2n) is 5.38. The van der Waals surface area contributed by atoms with Crippen LogP contribution in [-0.4, -0.2) is 22.8 Å². The molecular weight excluding hydrogens is 192 g/mol. The molecule has 0 aliphatic heterocycles. The number of rotatable bonds is 5. The Hall–Kier alpha value is -0.570. The monoisotopic (exact) mass is 216 g/mol. The van der Waals surface area contributed by atoms with Crippen LogP contribution in [0.25, 0.3) is 0 Å². The van der Waals surface area contributed by atoms with Crippen LogP contribution in [0.4, 0.5) is 0 Å². The van der Waals surface area contributed by atoms with Crippen molar-refractivity contribution in [1.82, 2.24) is 0 Å². The lowest BCUT2D eigenvalue weighted by atomic mass is 9.97. The molecule has 0 radical (unpaired) electrons. The summed E-state index contributed by atoms with van der Waals surface area (Å²) in [6.45, 7) is 11.1. The van der Waals surface area contributed by atoms with E-state index in [9.17, 15) is 9.90 Å². The maximum Gasteiger partial charge on any atom is 0.337 e. The summed E-state index contributed by atoms with van der Waals surface area (Å²) < 4.78 is 5.30. The lowest BCUT2D eigenvalue weighted by molar-refractivity contribution is -0.170. The number of carbonyl (C=O) groups excluding carboxylic acids is 1. The molecule has 0 aliphatic rings. The van der Waals surface area contributed by atoms with E-state index in [2.05, 4.69) is 13.8 Å². The highest BCUT2D eigenvalue weighted by Crippen LogP contribution is 2.18. The Balaban J connectivity index is 4.36. The molecule has 1 N–H and O–H groups in total. The maximum absolute atomic E-state index is 11.5. The summed E-state index contributed by atoms with van der Waals surface area (Å²) in [6.07, 6.45) is 0.725. The van der Waals surface area contributed by atoms with E-state index in [4.69, 9.17) is 4.74 Å². The van der Waals surface area contributed by atoms with Crippen molar-refractivity contribution in [2.24, 2.45) is 11.8 Å². The maximum atomic E-state index is 11.5. The summed E-state index contributed by atoms with van der Waals surface area (Å²) in [7, 11) is 0. The van der Waals surface area contributed by atoms with Crippen molar-refractivity contribution in [2.45, 2.75) is 59.7 Å². The van der Waals surface area contributed by atoms with Crippen molar-refractivity contribution >= 4 is 5.97 Å².